The van der Waals surface area contributed by atoms with Crippen LogP contribution in [0.25, 0.3) is 0 Å². The average Bonchev–Trinajstić information content (AvgIpc) is 3.85. The molecular weight excluding hydrogens is 623 g/mol. The maximum absolute atomic E-state index is 14.4. The first-order valence-electron chi connectivity index (χ1n) is 17.0. The largest absolute Gasteiger partial charge is 0.461 e. The number of hydrogen-bond donors (Lipinski definition) is 2. The van der Waals surface area contributed by atoms with Gasteiger partial charge in [0.25, 0.3) is 10.0 Å². The van der Waals surface area contributed by atoms with E-state index in [0.29, 0.717) is 31.6 Å². The van der Waals surface area contributed by atoms with Crippen LogP contribution in [0.15, 0.2) is 68.3 Å². The van der Waals surface area contributed by atoms with Gasteiger partial charge in [0, 0.05) is 41.5 Å². The zero-order valence-electron chi connectivity index (χ0n) is 26.7. The number of Topliss-reactive ketones (excluding diaryl/α,β-unsaturated/α-hetero) is 1. The molecule has 6 aliphatic carbocycles. The Morgan fingerprint density at radius 3 is 2.54 bits per heavy atom. The summed E-state index contributed by atoms with van der Waals surface area (Å²) in [5.74, 6) is 0.247. The van der Waals surface area contributed by atoms with E-state index in [-0.39, 0.29) is 46.4 Å². The van der Waals surface area contributed by atoms with Gasteiger partial charge in [0.2, 0.25) is 5.78 Å². The second kappa shape index (κ2) is 10.5. The molecule has 9 unspecified atom stereocenters. The van der Waals surface area contributed by atoms with Gasteiger partial charge >= 0.3 is 0 Å². The third-order valence-corrected chi connectivity index (χ3v) is 16.8. The van der Waals surface area contributed by atoms with Crippen molar-refractivity contribution in [3.8, 4) is 0 Å². The molecule has 2 aromatic rings. The Morgan fingerprint density at radius 2 is 1.83 bits per heavy atom. The number of carbonyl (C=O) groups is 1. The molecule has 2 N–H and O–H groups in total. The Kier molecular flexibility index (Phi) is 7.09. The topological polar surface area (TPSA) is 117 Å². The number of aliphatic hydroxyl groups is 2. The SMILES string of the molecule is CC12CCC(O)CC13C=CC1(C(C(=O)c4ccco4)=C3)C2CCC2(C)C1CCC2(O)CN(CC1CCCO1)S(=O)(=O)c1cccs1. The van der Waals surface area contributed by atoms with Gasteiger partial charge in [0.15, 0.2) is 5.76 Å². The molecule has 7 aliphatic rings. The molecule has 9 rings (SSSR count). The number of nitrogens with zero attached hydrogens (tertiary/aromatic N) is 1. The third-order valence-electron chi connectivity index (χ3n) is 13.7. The molecule has 8 nitrogen and oxygen atoms in total. The molecule has 1 aliphatic heterocycles. The van der Waals surface area contributed by atoms with Crippen LogP contribution in [0.5, 0.6) is 0 Å². The fraction of sp³-hybridized carbons (Fsp3) is 0.639. The molecule has 3 heterocycles. The number of ether oxygens (including phenoxy) is 1. The van der Waals surface area contributed by atoms with Gasteiger partial charge in [-0.2, -0.15) is 4.31 Å². The van der Waals surface area contributed by atoms with E-state index in [1.165, 1.54) is 21.9 Å². The normalized spacial score (nSPS) is 42.9. The van der Waals surface area contributed by atoms with Crippen LogP contribution in [-0.4, -0.2) is 66.2 Å². The molecule has 0 aromatic carbocycles. The summed E-state index contributed by atoms with van der Waals surface area (Å²) in [6, 6.07) is 6.84. The van der Waals surface area contributed by atoms with Gasteiger partial charge in [-0.15, -0.1) is 11.3 Å². The number of hydrogen-bond acceptors (Lipinski definition) is 8. The maximum atomic E-state index is 14.4. The number of furan rings is 1. The molecule has 4 fully saturated rings. The second-order valence-electron chi connectivity index (χ2n) is 15.5. The summed E-state index contributed by atoms with van der Waals surface area (Å²) in [6.45, 7) is 5.32. The fourth-order valence-corrected chi connectivity index (χ4v) is 13.9. The van der Waals surface area contributed by atoms with Crippen LogP contribution >= 0.6 is 11.3 Å². The van der Waals surface area contributed by atoms with Crippen molar-refractivity contribution in [2.24, 2.45) is 33.5 Å². The highest BCUT2D eigenvalue weighted by Crippen LogP contribution is 2.78. The average molecular weight is 668 g/mol. The van der Waals surface area contributed by atoms with Crippen molar-refractivity contribution in [1.29, 1.82) is 0 Å². The van der Waals surface area contributed by atoms with E-state index in [2.05, 4.69) is 32.1 Å². The molecule has 0 amide bonds. The van der Waals surface area contributed by atoms with Gasteiger partial charge < -0.3 is 19.4 Å². The molecule has 9 atom stereocenters. The van der Waals surface area contributed by atoms with Gasteiger partial charge in [-0.3, -0.25) is 4.79 Å². The molecule has 46 heavy (non-hydrogen) atoms. The van der Waals surface area contributed by atoms with Crippen molar-refractivity contribution in [3.63, 3.8) is 0 Å². The van der Waals surface area contributed by atoms with Crippen molar-refractivity contribution in [1.82, 2.24) is 4.31 Å². The Balaban J connectivity index is 1.22. The van der Waals surface area contributed by atoms with Crippen LogP contribution in [0.3, 0.4) is 0 Å². The van der Waals surface area contributed by atoms with Crippen molar-refractivity contribution in [2.45, 2.75) is 93.7 Å². The lowest BCUT2D eigenvalue weighted by molar-refractivity contribution is -0.174. The molecule has 2 aromatic heterocycles. The number of aliphatic hydroxyl groups excluding tert-OH is 1. The predicted octanol–water partition coefficient (Wildman–Crippen LogP) is 5.98. The highest BCUT2D eigenvalue weighted by molar-refractivity contribution is 7.91. The Morgan fingerprint density at radius 1 is 1.04 bits per heavy atom. The Hall–Kier alpha value is -2.08. The van der Waals surface area contributed by atoms with Crippen LogP contribution in [0, 0.1) is 33.5 Å². The number of rotatable bonds is 8. The van der Waals surface area contributed by atoms with E-state index in [0.717, 1.165) is 44.1 Å². The lowest BCUT2D eigenvalue weighted by Gasteiger charge is -2.71. The number of fused-ring (bicyclic) bond motifs is 1. The van der Waals surface area contributed by atoms with Crippen LogP contribution < -0.4 is 0 Å². The number of sulfonamides is 1. The standard InChI is InChI=1S/C36H45NO7S2/c1-32-12-9-24(38)20-34(32)15-16-36(26(21-34)31(39)27-7-4-18-44-27)28(32)10-13-33(2)29(36)11-14-35(33,40)23-37(22-25-6-3-17-43-25)46(41,42)30-8-5-19-45-30/h4-5,7-8,15-16,18-19,21,24-25,28-29,38,40H,3,6,9-14,17,20,22-23H2,1-2H3. The van der Waals surface area contributed by atoms with E-state index in [1.807, 2.05) is 0 Å². The minimum atomic E-state index is -3.86. The summed E-state index contributed by atoms with van der Waals surface area (Å²) in [5, 5.41) is 25.5. The summed E-state index contributed by atoms with van der Waals surface area (Å²) in [7, 11) is -3.86. The first-order valence-corrected chi connectivity index (χ1v) is 19.3. The van der Waals surface area contributed by atoms with E-state index in [9.17, 15) is 23.4 Å². The number of carbonyl (C=O) groups excluding carboxylic acids is 1. The lowest BCUT2D eigenvalue weighted by Crippen LogP contribution is -2.67. The highest BCUT2D eigenvalue weighted by Gasteiger charge is 2.74. The number of allylic oxidation sites excluding steroid dienone is 4. The summed E-state index contributed by atoms with van der Waals surface area (Å²) in [6.07, 6.45) is 14.2. The third kappa shape index (κ3) is 4.10. The summed E-state index contributed by atoms with van der Waals surface area (Å²) in [4.78, 5) is 14.4. The first kappa shape index (κ1) is 31.2. The number of thiophene rings is 1. The van der Waals surface area contributed by atoms with Crippen LogP contribution in [0.4, 0.5) is 0 Å². The van der Waals surface area contributed by atoms with Crippen LogP contribution in [0.2, 0.25) is 0 Å². The fourth-order valence-electron chi connectivity index (χ4n) is 11.2. The molecule has 2 bridgehead atoms. The van der Waals surface area contributed by atoms with Crippen molar-refractivity contribution in [2.75, 3.05) is 19.7 Å². The molecule has 248 valence electrons. The molecule has 3 saturated carbocycles. The summed E-state index contributed by atoms with van der Waals surface area (Å²) >= 11 is 1.20. The van der Waals surface area contributed by atoms with Gasteiger partial charge in [0.05, 0.1) is 24.1 Å². The molecule has 10 heteroatoms. The molecule has 1 saturated heterocycles. The first-order chi connectivity index (χ1) is 21.9. The molecule has 0 radical (unpaired) electrons. The summed E-state index contributed by atoms with van der Waals surface area (Å²) < 4.78 is 41.6. The predicted molar refractivity (Wildman–Crippen MR) is 174 cm³/mol. The minimum Gasteiger partial charge on any atom is -0.461 e. The minimum absolute atomic E-state index is 0.0108. The monoisotopic (exact) mass is 667 g/mol. The smallest absolute Gasteiger partial charge is 0.252 e. The van der Waals surface area contributed by atoms with Gasteiger partial charge in [-0.25, -0.2) is 8.42 Å². The maximum Gasteiger partial charge on any atom is 0.252 e. The van der Waals surface area contributed by atoms with Gasteiger partial charge in [0.1, 0.15) is 4.21 Å². The van der Waals surface area contributed by atoms with Gasteiger partial charge in [-0.05, 0) is 98.6 Å². The van der Waals surface area contributed by atoms with E-state index in [1.54, 1.807) is 29.6 Å². The van der Waals surface area contributed by atoms with Crippen molar-refractivity contribution >= 4 is 27.1 Å². The quantitative estimate of drug-likeness (QED) is 0.263. The lowest BCUT2D eigenvalue weighted by atomic mass is 9.32. The molecular formula is C36H45NO7S2. The molecule has 2 spiro atoms. The van der Waals surface area contributed by atoms with Crippen LogP contribution in [-0.2, 0) is 14.8 Å². The summed E-state index contributed by atoms with van der Waals surface area (Å²) in [5.41, 5.74) is -2.44. The van der Waals surface area contributed by atoms with E-state index in [4.69, 9.17) is 9.15 Å². The van der Waals surface area contributed by atoms with Gasteiger partial charge in [-0.1, -0.05) is 38.1 Å². The second-order valence-corrected chi connectivity index (χ2v) is 18.6. The van der Waals surface area contributed by atoms with Crippen molar-refractivity contribution in [3.05, 3.63) is 65.5 Å². The van der Waals surface area contributed by atoms with E-state index >= 15 is 0 Å². The Bertz CT molecular complexity index is 1680. The van der Waals surface area contributed by atoms with E-state index < -0.39 is 38.0 Å². The Labute approximate surface area is 275 Å². The van der Waals surface area contributed by atoms with Crippen LogP contribution in [0.1, 0.15) is 82.2 Å². The van der Waals surface area contributed by atoms with Crippen molar-refractivity contribution < 1.29 is 32.6 Å². The highest BCUT2D eigenvalue weighted by atomic mass is 32.2. The number of ketones is 1. The zero-order chi connectivity index (χ0) is 32.2. The zero-order valence-corrected chi connectivity index (χ0v) is 28.3.